The summed E-state index contributed by atoms with van der Waals surface area (Å²) in [5.41, 5.74) is 7.04. The van der Waals surface area contributed by atoms with Crippen molar-refractivity contribution in [2.75, 3.05) is 20.3 Å². The zero-order valence-corrected chi connectivity index (χ0v) is 11.1. The Bertz CT molecular complexity index is 582. The minimum absolute atomic E-state index is 0.150. The molecule has 0 bridgehead atoms. The molecule has 3 rings (SSSR count). The van der Waals surface area contributed by atoms with E-state index in [1.165, 1.54) is 16.3 Å². The summed E-state index contributed by atoms with van der Waals surface area (Å²) in [6.07, 6.45) is 1.21. The van der Waals surface area contributed by atoms with Crippen LogP contribution in [0, 0.1) is 5.92 Å². The van der Waals surface area contributed by atoms with Crippen molar-refractivity contribution in [3.05, 3.63) is 42.0 Å². The summed E-state index contributed by atoms with van der Waals surface area (Å²) in [6, 6.07) is 12.6. The SMILES string of the molecule is COc1ccc2cc(C3OCCC3CN)ccc2c1. The van der Waals surface area contributed by atoms with E-state index < -0.39 is 0 Å². The van der Waals surface area contributed by atoms with Crippen LogP contribution in [0.15, 0.2) is 36.4 Å². The lowest BCUT2D eigenvalue weighted by atomic mass is 9.94. The first-order valence-electron chi connectivity index (χ1n) is 6.71. The molecule has 19 heavy (non-hydrogen) atoms. The molecule has 0 radical (unpaired) electrons. The third-order valence-electron chi connectivity index (χ3n) is 3.92. The van der Waals surface area contributed by atoms with Crippen LogP contribution in [0.2, 0.25) is 0 Å². The van der Waals surface area contributed by atoms with Crippen LogP contribution >= 0.6 is 0 Å². The van der Waals surface area contributed by atoms with Gasteiger partial charge in [0.2, 0.25) is 0 Å². The molecular formula is C16H19NO2. The van der Waals surface area contributed by atoms with Crippen LogP contribution < -0.4 is 10.5 Å². The Morgan fingerprint density at radius 2 is 2.00 bits per heavy atom. The average Bonchev–Trinajstić information content (AvgIpc) is 2.94. The van der Waals surface area contributed by atoms with Crippen LogP contribution in [0.4, 0.5) is 0 Å². The van der Waals surface area contributed by atoms with Crippen LogP contribution in [0.5, 0.6) is 5.75 Å². The van der Waals surface area contributed by atoms with Gasteiger partial charge in [0.05, 0.1) is 13.2 Å². The van der Waals surface area contributed by atoms with Crippen molar-refractivity contribution in [3.63, 3.8) is 0 Å². The topological polar surface area (TPSA) is 44.5 Å². The van der Waals surface area contributed by atoms with Crippen molar-refractivity contribution >= 4 is 10.8 Å². The highest BCUT2D eigenvalue weighted by Crippen LogP contribution is 2.35. The van der Waals surface area contributed by atoms with E-state index in [0.29, 0.717) is 12.5 Å². The van der Waals surface area contributed by atoms with Gasteiger partial charge in [0, 0.05) is 12.5 Å². The smallest absolute Gasteiger partial charge is 0.119 e. The fourth-order valence-corrected chi connectivity index (χ4v) is 2.79. The van der Waals surface area contributed by atoms with Gasteiger partial charge in [0.1, 0.15) is 5.75 Å². The molecule has 1 aliphatic heterocycles. The average molecular weight is 257 g/mol. The maximum Gasteiger partial charge on any atom is 0.119 e. The van der Waals surface area contributed by atoms with Gasteiger partial charge in [-0.1, -0.05) is 18.2 Å². The summed E-state index contributed by atoms with van der Waals surface area (Å²) in [7, 11) is 1.69. The first-order valence-corrected chi connectivity index (χ1v) is 6.71. The van der Waals surface area contributed by atoms with E-state index >= 15 is 0 Å². The molecule has 2 unspecified atom stereocenters. The highest BCUT2D eigenvalue weighted by atomic mass is 16.5. The molecule has 2 aromatic rings. The summed E-state index contributed by atoms with van der Waals surface area (Å²) >= 11 is 0. The van der Waals surface area contributed by atoms with Crippen LogP contribution in [-0.4, -0.2) is 20.3 Å². The molecule has 2 atom stereocenters. The minimum atomic E-state index is 0.150. The predicted octanol–water partition coefficient (Wildman–Crippen LogP) is 2.88. The van der Waals surface area contributed by atoms with E-state index in [9.17, 15) is 0 Å². The number of benzene rings is 2. The lowest BCUT2D eigenvalue weighted by Crippen LogP contribution is -2.17. The standard InChI is InChI=1S/C16H19NO2/c1-18-15-5-4-11-8-13(3-2-12(11)9-15)16-14(10-17)6-7-19-16/h2-5,8-9,14,16H,6-7,10,17H2,1H3. The lowest BCUT2D eigenvalue weighted by Gasteiger charge is -2.17. The normalized spacial score (nSPS) is 22.8. The highest BCUT2D eigenvalue weighted by Gasteiger charge is 2.28. The van der Waals surface area contributed by atoms with E-state index in [-0.39, 0.29) is 6.10 Å². The van der Waals surface area contributed by atoms with Crippen LogP contribution in [0.1, 0.15) is 18.1 Å². The molecule has 0 aliphatic carbocycles. The molecule has 0 amide bonds. The maximum atomic E-state index is 5.83. The molecule has 1 fully saturated rings. The van der Waals surface area contributed by atoms with Crippen LogP contribution in [-0.2, 0) is 4.74 Å². The Morgan fingerprint density at radius 1 is 1.21 bits per heavy atom. The molecule has 0 spiro atoms. The molecule has 3 nitrogen and oxygen atoms in total. The number of nitrogens with two attached hydrogens (primary N) is 1. The van der Waals surface area contributed by atoms with E-state index in [0.717, 1.165) is 18.8 Å². The lowest BCUT2D eigenvalue weighted by molar-refractivity contribution is 0.0926. The third kappa shape index (κ3) is 2.31. The highest BCUT2D eigenvalue weighted by molar-refractivity contribution is 5.84. The second-order valence-electron chi connectivity index (χ2n) is 5.05. The molecule has 2 N–H and O–H groups in total. The van der Waals surface area contributed by atoms with Crippen molar-refractivity contribution < 1.29 is 9.47 Å². The Kier molecular flexibility index (Phi) is 3.40. The molecular weight excluding hydrogens is 238 g/mol. The fraction of sp³-hybridized carbons (Fsp3) is 0.375. The first-order chi connectivity index (χ1) is 9.31. The van der Waals surface area contributed by atoms with Gasteiger partial charge < -0.3 is 15.2 Å². The van der Waals surface area contributed by atoms with Gasteiger partial charge in [-0.05, 0) is 47.5 Å². The Balaban J connectivity index is 1.97. The zero-order chi connectivity index (χ0) is 13.2. The van der Waals surface area contributed by atoms with Gasteiger partial charge in [-0.25, -0.2) is 0 Å². The van der Waals surface area contributed by atoms with Crippen molar-refractivity contribution in [1.29, 1.82) is 0 Å². The van der Waals surface area contributed by atoms with Crippen molar-refractivity contribution in [2.24, 2.45) is 11.7 Å². The van der Waals surface area contributed by atoms with Gasteiger partial charge in [-0.3, -0.25) is 0 Å². The molecule has 2 aromatic carbocycles. The van der Waals surface area contributed by atoms with Crippen molar-refractivity contribution in [1.82, 2.24) is 0 Å². The van der Waals surface area contributed by atoms with Gasteiger partial charge in [-0.2, -0.15) is 0 Å². The number of methoxy groups -OCH3 is 1. The van der Waals surface area contributed by atoms with Gasteiger partial charge in [0.15, 0.2) is 0 Å². The Hall–Kier alpha value is -1.58. The summed E-state index contributed by atoms with van der Waals surface area (Å²) < 4.78 is 11.1. The monoisotopic (exact) mass is 257 g/mol. The second kappa shape index (κ2) is 5.19. The number of ether oxygens (including phenoxy) is 2. The van der Waals surface area contributed by atoms with E-state index in [1.54, 1.807) is 7.11 Å². The molecule has 1 aliphatic rings. The summed E-state index contributed by atoms with van der Waals surface area (Å²) in [5, 5.41) is 2.40. The van der Waals surface area contributed by atoms with Crippen LogP contribution in [0.25, 0.3) is 10.8 Å². The molecule has 3 heteroatoms. The number of hydrogen-bond donors (Lipinski definition) is 1. The Morgan fingerprint density at radius 3 is 2.79 bits per heavy atom. The fourth-order valence-electron chi connectivity index (χ4n) is 2.79. The van der Waals surface area contributed by atoms with Gasteiger partial charge >= 0.3 is 0 Å². The molecule has 1 saturated heterocycles. The second-order valence-corrected chi connectivity index (χ2v) is 5.05. The predicted molar refractivity (Wildman–Crippen MR) is 76.4 cm³/mol. The van der Waals surface area contributed by atoms with E-state index in [4.69, 9.17) is 15.2 Å². The molecule has 0 saturated carbocycles. The van der Waals surface area contributed by atoms with E-state index in [2.05, 4.69) is 30.3 Å². The van der Waals surface area contributed by atoms with Gasteiger partial charge in [-0.15, -0.1) is 0 Å². The van der Waals surface area contributed by atoms with E-state index in [1.807, 2.05) is 6.07 Å². The first kappa shape index (κ1) is 12.5. The molecule has 1 heterocycles. The zero-order valence-electron chi connectivity index (χ0n) is 11.1. The molecule has 0 aromatic heterocycles. The number of rotatable bonds is 3. The van der Waals surface area contributed by atoms with Gasteiger partial charge in [0.25, 0.3) is 0 Å². The largest absolute Gasteiger partial charge is 0.497 e. The molecule has 100 valence electrons. The third-order valence-corrected chi connectivity index (χ3v) is 3.92. The minimum Gasteiger partial charge on any atom is -0.497 e. The number of hydrogen-bond acceptors (Lipinski definition) is 3. The van der Waals surface area contributed by atoms with Crippen molar-refractivity contribution in [3.8, 4) is 5.75 Å². The quantitative estimate of drug-likeness (QED) is 0.919. The summed E-state index contributed by atoms with van der Waals surface area (Å²) in [4.78, 5) is 0. The summed E-state index contributed by atoms with van der Waals surface area (Å²) in [6.45, 7) is 1.50. The van der Waals surface area contributed by atoms with Crippen LogP contribution in [0.3, 0.4) is 0 Å². The summed E-state index contributed by atoms with van der Waals surface area (Å²) in [5.74, 6) is 1.33. The van der Waals surface area contributed by atoms with Crippen molar-refractivity contribution in [2.45, 2.75) is 12.5 Å². The Labute approximate surface area is 113 Å². The number of fused-ring (bicyclic) bond motifs is 1. The maximum absolute atomic E-state index is 5.83.